The van der Waals surface area contributed by atoms with E-state index in [-0.39, 0.29) is 5.01 Å². The van der Waals surface area contributed by atoms with Gasteiger partial charge < -0.3 is 10.8 Å². The van der Waals surface area contributed by atoms with Crippen LogP contribution in [0.3, 0.4) is 0 Å². The van der Waals surface area contributed by atoms with E-state index in [0.29, 0.717) is 6.54 Å². The number of nitrogens with zero attached hydrogens (tertiary/aromatic N) is 1. The second-order valence-corrected chi connectivity index (χ2v) is 4.25. The average Bonchev–Trinajstić information content (AvgIpc) is 2.53. The Kier molecular flexibility index (Phi) is 4.20. The lowest BCUT2D eigenvalue weighted by atomic mass is 10.6. The molecule has 4 nitrogen and oxygen atoms in total. The predicted octanol–water partition coefficient (Wildman–Crippen LogP) is 1.03. The predicted molar refractivity (Wildman–Crippen MR) is 54.3 cm³/mol. The standard InChI is InChI=1S/C7H10N2O2S2/c8-1-2-12-3-5-4-13-6(9-5)7(10)11/h4H,1-3,8H2,(H,10,11). The van der Waals surface area contributed by atoms with Crippen LogP contribution >= 0.6 is 23.1 Å². The SMILES string of the molecule is NCCSCc1csc(C(=O)O)n1. The highest BCUT2D eigenvalue weighted by Crippen LogP contribution is 2.15. The highest BCUT2D eigenvalue weighted by atomic mass is 32.2. The van der Waals surface area contributed by atoms with E-state index in [2.05, 4.69) is 4.98 Å². The monoisotopic (exact) mass is 218 g/mol. The summed E-state index contributed by atoms with van der Waals surface area (Å²) >= 11 is 2.82. The fraction of sp³-hybridized carbons (Fsp3) is 0.429. The van der Waals surface area contributed by atoms with Crippen molar-refractivity contribution in [3.8, 4) is 0 Å². The number of carboxylic acid groups (broad SMARTS) is 1. The van der Waals surface area contributed by atoms with Crippen LogP contribution in [0.5, 0.6) is 0 Å². The summed E-state index contributed by atoms with van der Waals surface area (Å²) in [6.07, 6.45) is 0. The lowest BCUT2D eigenvalue weighted by Gasteiger charge is -1.93. The Morgan fingerprint density at radius 2 is 2.54 bits per heavy atom. The van der Waals surface area contributed by atoms with E-state index >= 15 is 0 Å². The van der Waals surface area contributed by atoms with Gasteiger partial charge in [-0.1, -0.05) is 0 Å². The quantitative estimate of drug-likeness (QED) is 0.722. The number of aromatic nitrogens is 1. The minimum atomic E-state index is -0.958. The molecule has 0 unspecified atom stereocenters. The van der Waals surface area contributed by atoms with Gasteiger partial charge >= 0.3 is 5.97 Å². The summed E-state index contributed by atoms with van der Waals surface area (Å²) in [6.45, 7) is 0.639. The molecule has 1 aromatic heterocycles. The molecule has 13 heavy (non-hydrogen) atoms. The summed E-state index contributed by atoms with van der Waals surface area (Å²) in [5.41, 5.74) is 6.13. The number of carbonyl (C=O) groups is 1. The van der Waals surface area contributed by atoms with E-state index < -0.39 is 5.97 Å². The normalized spacial score (nSPS) is 10.2. The Morgan fingerprint density at radius 1 is 1.77 bits per heavy atom. The Labute approximate surface area is 84.2 Å². The van der Waals surface area contributed by atoms with Crippen molar-refractivity contribution in [2.45, 2.75) is 5.75 Å². The number of carboxylic acids is 1. The zero-order valence-electron chi connectivity index (χ0n) is 6.90. The second kappa shape index (κ2) is 5.21. The summed E-state index contributed by atoms with van der Waals surface area (Å²) in [5.74, 6) is 0.654. The largest absolute Gasteiger partial charge is 0.476 e. The van der Waals surface area contributed by atoms with Gasteiger partial charge in [-0.15, -0.1) is 11.3 Å². The number of hydrogen-bond donors (Lipinski definition) is 2. The highest BCUT2D eigenvalue weighted by Gasteiger charge is 2.08. The number of aromatic carboxylic acids is 1. The molecular weight excluding hydrogens is 208 g/mol. The summed E-state index contributed by atoms with van der Waals surface area (Å²) in [6, 6.07) is 0. The smallest absolute Gasteiger partial charge is 0.365 e. The van der Waals surface area contributed by atoms with Crippen LogP contribution in [0.25, 0.3) is 0 Å². The van der Waals surface area contributed by atoms with Crippen LogP contribution in [-0.4, -0.2) is 28.4 Å². The van der Waals surface area contributed by atoms with Gasteiger partial charge in [0, 0.05) is 23.4 Å². The molecule has 0 fully saturated rings. The molecule has 0 aliphatic carbocycles. The molecule has 0 aliphatic rings. The molecule has 0 amide bonds. The molecule has 0 saturated carbocycles. The molecule has 1 rings (SSSR count). The summed E-state index contributed by atoms with van der Waals surface area (Å²) in [5, 5.41) is 10.5. The maximum absolute atomic E-state index is 10.5. The van der Waals surface area contributed by atoms with Gasteiger partial charge in [-0.25, -0.2) is 9.78 Å². The van der Waals surface area contributed by atoms with Crippen molar-refractivity contribution < 1.29 is 9.90 Å². The van der Waals surface area contributed by atoms with Crippen LogP contribution in [0.4, 0.5) is 0 Å². The van der Waals surface area contributed by atoms with Gasteiger partial charge in [0.05, 0.1) is 5.69 Å². The van der Waals surface area contributed by atoms with Crippen molar-refractivity contribution in [1.29, 1.82) is 0 Å². The third-order valence-corrected chi connectivity index (χ3v) is 3.15. The number of rotatable bonds is 5. The summed E-state index contributed by atoms with van der Waals surface area (Å²) < 4.78 is 0. The molecule has 0 saturated heterocycles. The van der Waals surface area contributed by atoms with Crippen molar-refractivity contribution in [2.75, 3.05) is 12.3 Å². The molecule has 3 N–H and O–H groups in total. The van der Waals surface area contributed by atoms with Crippen LogP contribution in [0, 0.1) is 0 Å². The average molecular weight is 218 g/mol. The molecule has 1 aromatic rings. The fourth-order valence-electron chi connectivity index (χ4n) is 0.732. The van der Waals surface area contributed by atoms with E-state index in [9.17, 15) is 4.79 Å². The fourth-order valence-corrected chi connectivity index (χ4v) is 2.16. The second-order valence-electron chi connectivity index (χ2n) is 2.29. The van der Waals surface area contributed by atoms with Gasteiger partial charge in [0.1, 0.15) is 0 Å². The molecular formula is C7H10N2O2S2. The third kappa shape index (κ3) is 3.33. The van der Waals surface area contributed by atoms with E-state index in [0.717, 1.165) is 28.5 Å². The van der Waals surface area contributed by atoms with Gasteiger partial charge in [0.25, 0.3) is 0 Å². The van der Waals surface area contributed by atoms with E-state index in [1.165, 1.54) is 0 Å². The maximum Gasteiger partial charge on any atom is 0.365 e. The summed E-state index contributed by atoms with van der Waals surface area (Å²) in [4.78, 5) is 14.4. The van der Waals surface area contributed by atoms with Crippen molar-refractivity contribution in [3.05, 3.63) is 16.1 Å². The third-order valence-electron chi connectivity index (χ3n) is 1.25. The minimum Gasteiger partial charge on any atom is -0.476 e. The zero-order chi connectivity index (χ0) is 9.68. The molecule has 0 aliphatic heterocycles. The number of thiazole rings is 1. The molecule has 1 heterocycles. The molecule has 0 atom stereocenters. The molecule has 0 radical (unpaired) electrons. The van der Waals surface area contributed by atoms with E-state index in [1.807, 2.05) is 0 Å². The maximum atomic E-state index is 10.5. The molecule has 0 spiro atoms. The molecule has 72 valence electrons. The van der Waals surface area contributed by atoms with Crippen molar-refractivity contribution in [1.82, 2.24) is 4.98 Å². The van der Waals surface area contributed by atoms with Crippen molar-refractivity contribution in [2.24, 2.45) is 5.73 Å². The number of thioether (sulfide) groups is 1. The Balaban J connectivity index is 2.44. The summed E-state index contributed by atoms with van der Waals surface area (Å²) in [7, 11) is 0. The number of hydrogen-bond acceptors (Lipinski definition) is 5. The van der Waals surface area contributed by atoms with Crippen LogP contribution < -0.4 is 5.73 Å². The Bertz CT molecular complexity index is 288. The first-order chi connectivity index (χ1) is 6.24. The first kappa shape index (κ1) is 10.5. The molecule has 0 bridgehead atoms. The Hall–Kier alpha value is -0.590. The van der Waals surface area contributed by atoms with E-state index in [1.54, 1.807) is 17.1 Å². The topological polar surface area (TPSA) is 76.2 Å². The van der Waals surface area contributed by atoms with Crippen LogP contribution in [0.15, 0.2) is 5.38 Å². The van der Waals surface area contributed by atoms with Crippen LogP contribution in [-0.2, 0) is 5.75 Å². The van der Waals surface area contributed by atoms with Crippen LogP contribution in [0.2, 0.25) is 0 Å². The van der Waals surface area contributed by atoms with Gasteiger partial charge in [-0.05, 0) is 0 Å². The van der Waals surface area contributed by atoms with Gasteiger partial charge in [0.2, 0.25) is 5.01 Å². The van der Waals surface area contributed by atoms with Gasteiger partial charge in [-0.3, -0.25) is 0 Å². The Morgan fingerprint density at radius 3 is 3.08 bits per heavy atom. The molecule has 0 aromatic carbocycles. The zero-order valence-corrected chi connectivity index (χ0v) is 8.53. The number of nitrogens with two attached hydrogens (primary N) is 1. The van der Waals surface area contributed by atoms with Crippen molar-refractivity contribution in [3.63, 3.8) is 0 Å². The lowest BCUT2D eigenvalue weighted by molar-refractivity contribution is 0.0696. The van der Waals surface area contributed by atoms with Gasteiger partial charge in [0.15, 0.2) is 0 Å². The first-order valence-electron chi connectivity index (χ1n) is 3.69. The lowest BCUT2D eigenvalue weighted by Crippen LogP contribution is -2.01. The highest BCUT2D eigenvalue weighted by molar-refractivity contribution is 7.98. The first-order valence-corrected chi connectivity index (χ1v) is 5.73. The van der Waals surface area contributed by atoms with Gasteiger partial charge in [-0.2, -0.15) is 11.8 Å². The minimum absolute atomic E-state index is 0.156. The molecule has 6 heteroatoms. The van der Waals surface area contributed by atoms with Crippen LogP contribution in [0.1, 0.15) is 15.5 Å². The van der Waals surface area contributed by atoms with E-state index in [4.69, 9.17) is 10.8 Å². The van der Waals surface area contributed by atoms with Crippen molar-refractivity contribution >= 4 is 29.1 Å².